The summed E-state index contributed by atoms with van der Waals surface area (Å²) in [5.74, 6) is 1.21. The standard InChI is InChI=1S/C20H24N2O3/c1-14-10-18(25-15(14)2)20(23)22-12-17-19(13-22)24-9-8-21(17)11-16-6-4-3-5-7-16/h3-7,10,17,19H,8-9,11-13H2,1-2H3/t17-,19-/m0/s1. The van der Waals surface area contributed by atoms with E-state index in [0.717, 1.165) is 31.0 Å². The van der Waals surface area contributed by atoms with Gasteiger partial charge in [0.1, 0.15) is 5.76 Å². The number of hydrogen-bond acceptors (Lipinski definition) is 4. The van der Waals surface area contributed by atoms with Gasteiger partial charge in [0.15, 0.2) is 5.76 Å². The number of carbonyl (C=O) groups is 1. The van der Waals surface area contributed by atoms with E-state index in [9.17, 15) is 4.79 Å². The van der Waals surface area contributed by atoms with Crippen LogP contribution in [0.3, 0.4) is 0 Å². The molecule has 5 heteroatoms. The number of nitrogens with zero attached hydrogens (tertiary/aromatic N) is 2. The van der Waals surface area contributed by atoms with Crippen LogP contribution in [0.4, 0.5) is 0 Å². The molecular formula is C20H24N2O3. The van der Waals surface area contributed by atoms with E-state index in [1.807, 2.05) is 30.9 Å². The van der Waals surface area contributed by atoms with Gasteiger partial charge in [-0.1, -0.05) is 30.3 Å². The zero-order chi connectivity index (χ0) is 17.4. The van der Waals surface area contributed by atoms with Crippen molar-refractivity contribution in [2.24, 2.45) is 0 Å². The number of hydrogen-bond donors (Lipinski definition) is 0. The van der Waals surface area contributed by atoms with E-state index in [-0.39, 0.29) is 18.1 Å². The molecule has 0 spiro atoms. The van der Waals surface area contributed by atoms with Gasteiger partial charge < -0.3 is 14.1 Å². The van der Waals surface area contributed by atoms with Crippen molar-refractivity contribution >= 4 is 5.91 Å². The van der Waals surface area contributed by atoms with Gasteiger partial charge in [-0.2, -0.15) is 0 Å². The molecule has 4 rings (SSSR count). The Hall–Kier alpha value is -2.11. The first-order valence-corrected chi connectivity index (χ1v) is 8.87. The molecule has 2 saturated heterocycles. The number of rotatable bonds is 3. The molecule has 3 heterocycles. The average molecular weight is 340 g/mol. The van der Waals surface area contributed by atoms with Crippen LogP contribution in [0.2, 0.25) is 0 Å². The van der Waals surface area contributed by atoms with Crippen molar-refractivity contribution < 1.29 is 13.9 Å². The molecule has 2 aliphatic rings. The predicted molar refractivity (Wildman–Crippen MR) is 94.5 cm³/mol. The molecule has 25 heavy (non-hydrogen) atoms. The normalized spacial score (nSPS) is 23.7. The average Bonchev–Trinajstić information content (AvgIpc) is 3.20. The third kappa shape index (κ3) is 3.22. The second-order valence-corrected chi connectivity index (χ2v) is 6.99. The summed E-state index contributed by atoms with van der Waals surface area (Å²) >= 11 is 0. The first kappa shape index (κ1) is 16.4. The Bertz CT molecular complexity index is 736. The zero-order valence-corrected chi connectivity index (χ0v) is 14.8. The second-order valence-electron chi connectivity index (χ2n) is 6.99. The summed E-state index contributed by atoms with van der Waals surface area (Å²) < 4.78 is 11.6. The Labute approximate surface area is 148 Å². The van der Waals surface area contributed by atoms with Gasteiger partial charge in [-0.3, -0.25) is 9.69 Å². The third-order valence-electron chi connectivity index (χ3n) is 5.31. The van der Waals surface area contributed by atoms with Crippen molar-refractivity contribution in [3.63, 3.8) is 0 Å². The molecule has 132 valence electrons. The molecule has 0 radical (unpaired) electrons. The predicted octanol–water partition coefficient (Wildman–Crippen LogP) is 2.62. The highest BCUT2D eigenvalue weighted by atomic mass is 16.5. The Balaban J connectivity index is 1.47. The second kappa shape index (κ2) is 6.65. The van der Waals surface area contributed by atoms with Gasteiger partial charge in [0.2, 0.25) is 0 Å². The Morgan fingerprint density at radius 3 is 2.72 bits per heavy atom. The minimum Gasteiger partial charge on any atom is -0.456 e. The Kier molecular flexibility index (Phi) is 4.36. The van der Waals surface area contributed by atoms with Crippen LogP contribution >= 0.6 is 0 Å². The topological polar surface area (TPSA) is 45.9 Å². The van der Waals surface area contributed by atoms with Gasteiger partial charge in [-0.15, -0.1) is 0 Å². The highest BCUT2D eigenvalue weighted by molar-refractivity contribution is 5.92. The Morgan fingerprint density at radius 2 is 2.00 bits per heavy atom. The van der Waals surface area contributed by atoms with Crippen LogP contribution in [-0.2, 0) is 11.3 Å². The van der Waals surface area contributed by atoms with Gasteiger partial charge in [0.25, 0.3) is 5.91 Å². The van der Waals surface area contributed by atoms with Crippen LogP contribution in [0.15, 0.2) is 40.8 Å². The summed E-state index contributed by atoms with van der Waals surface area (Å²) in [6, 6.07) is 12.6. The van der Waals surface area contributed by atoms with E-state index in [1.165, 1.54) is 5.56 Å². The molecule has 5 nitrogen and oxygen atoms in total. The number of carbonyl (C=O) groups excluding carboxylic acids is 1. The number of furan rings is 1. The van der Waals surface area contributed by atoms with Crippen molar-refractivity contribution in [3.8, 4) is 0 Å². The fraction of sp³-hybridized carbons (Fsp3) is 0.450. The SMILES string of the molecule is Cc1cc(C(=O)N2C[C@@H]3OCCN(Cc4ccccc4)[C@H]3C2)oc1C. The van der Waals surface area contributed by atoms with Gasteiger partial charge in [-0.25, -0.2) is 0 Å². The smallest absolute Gasteiger partial charge is 0.289 e. The van der Waals surface area contributed by atoms with Crippen LogP contribution in [0.5, 0.6) is 0 Å². The first-order chi connectivity index (χ1) is 12.1. The number of likely N-dealkylation sites (tertiary alicyclic amines) is 1. The van der Waals surface area contributed by atoms with Gasteiger partial charge >= 0.3 is 0 Å². The van der Waals surface area contributed by atoms with Crippen LogP contribution < -0.4 is 0 Å². The third-order valence-corrected chi connectivity index (χ3v) is 5.31. The number of ether oxygens (including phenoxy) is 1. The van der Waals surface area contributed by atoms with E-state index < -0.39 is 0 Å². The van der Waals surface area contributed by atoms with E-state index >= 15 is 0 Å². The molecule has 2 atom stereocenters. The molecule has 1 aromatic carbocycles. The lowest BCUT2D eigenvalue weighted by Gasteiger charge is -2.36. The summed E-state index contributed by atoms with van der Waals surface area (Å²) in [5.41, 5.74) is 2.31. The summed E-state index contributed by atoms with van der Waals surface area (Å²) in [6.45, 7) is 7.69. The van der Waals surface area contributed by atoms with Gasteiger partial charge in [0.05, 0.1) is 18.8 Å². The van der Waals surface area contributed by atoms with Gasteiger partial charge in [0, 0.05) is 26.2 Å². The van der Waals surface area contributed by atoms with E-state index in [1.54, 1.807) is 0 Å². The van der Waals surface area contributed by atoms with Crippen molar-refractivity contribution in [2.75, 3.05) is 26.2 Å². The monoisotopic (exact) mass is 340 g/mol. The van der Waals surface area contributed by atoms with Crippen molar-refractivity contribution in [1.82, 2.24) is 9.80 Å². The van der Waals surface area contributed by atoms with Crippen molar-refractivity contribution in [3.05, 3.63) is 59.0 Å². The minimum absolute atomic E-state index is 0.0335. The zero-order valence-electron chi connectivity index (χ0n) is 14.8. The molecule has 0 unspecified atom stereocenters. The Morgan fingerprint density at radius 1 is 1.20 bits per heavy atom. The molecule has 2 fully saturated rings. The molecule has 0 N–H and O–H groups in total. The molecule has 1 aromatic heterocycles. The maximum Gasteiger partial charge on any atom is 0.289 e. The van der Waals surface area contributed by atoms with E-state index in [4.69, 9.17) is 9.15 Å². The summed E-state index contributed by atoms with van der Waals surface area (Å²) in [6.07, 6.45) is 0.0820. The lowest BCUT2D eigenvalue weighted by atomic mass is 10.1. The maximum atomic E-state index is 12.8. The highest BCUT2D eigenvalue weighted by Gasteiger charge is 2.42. The molecule has 0 aliphatic carbocycles. The molecule has 2 aliphatic heterocycles. The van der Waals surface area contributed by atoms with Crippen molar-refractivity contribution in [2.45, 2.75) is 32.5 Å². The van der Waals surface area contributed by atoms with Crippen LogP contribution in [0.25, 0.3) is 0 Å². The van der Waals surface area contributed by atoms with Gasteiger partial charge in [-0.05, 0) is 31.0 Å². The van der Waals surface area contributed by atoms with Crippen molar-refractivity contribution in [1.29, 1.82) is 0 Å². The van der Waals surface area contributed by atoms with Crippen LogP contribution in [-0.4, -0.2) is 54.1 Å². The fourth-order valence-electron chi connectivity index (χ4n) is 3.77. The number of amides is 1. The van der Waals surface area contributed by atoms with Crippen LogP contribution in [0.1, 0.15) is 27.4 Å². The fourth-order valence-corrected chi connectivity index (χ4v) is 3.77. The van der Waals surface area contributed by atoms with E-state index in [2.05, 4.69) is 29.2 Å². The lowest BCUT2D eigenvalue weighted by molar-refractivity contribution is -0.0503. The molecule has 0 bridgehead atoms. The summed E-state index contributed by atoms with van der Waals surface area (Å²) in [4.78, 5) is 17.1. The minimum atomic E-state index is -0.0335. The highest BCUT2D eigenvalue weighted by Crippen LogP contribution is 2.26. The molecule has 2 aromatic rings. The number of morpholine rings is 1. The largest absolute Gasteiger partial charge is 0.456 e. The number of benzene rings is 1. The van der Waals surface area contributed by atoms with E-state index in [0.29, 0.717) is 18.8 Å². The molecular weight excluding hydrogens is 316 g/mol. The molecule has 0 saturated carbocycles. The first-order valence-electron chi connectivity index (χ1n) is 8.87. The summed E-state index contributed by atoms with van der Waals surface area (Å²) in [7, 11) is 0. The lowest BCUT2D eigenvalue weighted by Crippen LogP contribution is -2.50. The maximum absolute atomic E-state index is 12.8. The molecule has 1 amide bonds. The summed E-state index contributed by atoms with van der Waals surface area (Å²) in [5, 5.41) is 0. The van der Waals surface area contributed by atoms with Crippen LogP contribution in [0, 0.1) is 13.8 Å². The number of fused-ring (bicyclic) bond motifs is 1. The quantitative estimate of drug-likeness (QED) is 0.862. The number of aryl methyl sites for hydroxylation is 2.